The molecule has 1 aromatic heterocycles. The number of hydrogen-bond acceptors (Lipinski definition) is 3. The lowest BCUT2D eigenvalue weighted by Crippen LogP contribution is -2.35. The summed E-state index contributed by atoms with van der Waals surface area (Å²) in [6.45, 7) is 11.8. The predicted molar refractivity (Wildman–Crippen MR) is 83.2 cm³/mol. The zero-order valence-electron chi connectivity index (χ0n) is 13.5. The lowest BCUT2D eigenvalue weighted by atomic mass is 9.96. The van der Waals surface area contributed by atoms with E-state index in [1.165, 1.54) is 24.8 Å². The van der Waals surface area contributed by atoms with E-state index in [1.54, 1.807) is 0 Å². The van der Waals surface area contributed by atoms with Crippen molar-refractivity contribution in [3.05, 3.63) is 23.4 Å². The molecule has 1 aliphatic carbocycles. The van der Waals surface area contributed by atoms with Crippen molar-refractivity contribution in [1.29, 1.82) is 0 Å². The van der Waals surface area contributed by atoms with Crippen LogP contribution in [0, 0.1) is 0 Å². The normalized spacial score (nSPS) is 16.3. The van der Waals surface area contributed by atoms with Gasteiger partial charge in [0.05, 0.1) is 0 Å². The summed E-state index contributed by atoms with van der Waals surface area (Å²) in [4.78, 5) is 4.65. The largest absolute Gasteiger partial charge is 0.474 e. The van der Waals surface area contributed by atoms with E-state index in [9.17, 15) is 0 Å². The number of pyridine rings is 1. The molecule has 112 valence electrons. The first-order valence-electron chi connectivity index (χ1n) is 7.76. The van der Waals surface area contributed by atoms with Gasteiger partial charge in [0.25, 0.3) is 0 Å². The van der Waals surface area contributed by atoms with Crippen LogP contribution in [0.3, 0.4) is 0 Å². The van der Waals surface area contributed by atoms with Gasteiger partial charge in [-0.25, -0.2) is 4.98 Å². The van der Waals surface area contributed by atoms with E-state index in [2.05, 4.69) is 57.1 Å². The zero-order chi connectivity index (χ0) is 14.8. The third-order valence-electron chi connectivity index (χ3n) is 3.64. The van der Waals surface area contributed by atoms with Crippen molar-refractivity contribution in [3.63, 3.8) is 0 Å². The molecule has 0 amide bonds. The molecule has 0 bridgehead atoms. The molecule has 2 rings (SSSR count). The van der Waals surface area contributed by atoms with Crippen LogP contribution in [-0.4, -0.2) is 16.6 Å². The van der Waals surface area contributed by atoms with E-state index < -0.39 is 0 Å². The van der Waals surface area contributed by atoms with Gasteiger partial charge in [-0.05, 0) is 57.6 Å². The van der Waals surface area contributed by atoms with Crippen molar-refractivity contribution < 1.29 is 4.74 Å². The van der Waals surface area contributed by atoms with Crippen LogP contribution >= 0.6 is 0 Å². The highest BCUT2D eigenvalue weighted by Crippen LogP contribution is 2.26. The minimum Gasteiger partial charge on any atom is -0.474 e. The Bertz CT molecular complexity index is 445. The van der Waals surface area contributed by atoms with Crippen LogP contribution in [0.1, 0.15) is 71.1 Å². The summed E-state index contributed by atoms with van der Waals surface area (Å²) in [6, 6.07) is 4.28. The van der Waals surface area contributed by atoms with Gasteiger partial charge in [0.1, 0.15) is 6.10 Å². The van der Waals surface area contributed by atoms with Crippen molar-refractivity contribution >= 4 is 0 Å². The monoisotopic (exact) mass is 276 g/mol. The van der Waals surface area contributed by atoms with Gasteiger partial charge in [-0.2, -0.15) is 0 Å². The lowest BCUT2D eigenvalue weighted by molar-refractivity contribution is 0.114. The Morgan fingerprint density at radius 2 is 2.00 bits per heavy atom. The van der Waals surface area contributed by atoms with Crippen LogP contribution in [0.25, 0.3) is 0 Å². The molecular formula is C17H28N2O. The molecule has 3 nitrogen and oxygen atoms in total. The minimum absolute atomic E-state index is 0.121. The molecule has 0 aliphatic heterocycles. The first-order valence-corrected chi connectivity index (χ1v) is 7.76. The molecular weight excluding hydrogens is 248 g/mol. The van der Waals surface area contributed by atoms with Crippen LogP contribution in [0.4, 0.5) is 0 Å². The van der Waals surface area contributed by atoms with E-state index in [0.29, 0.717) is 12.0 Å². The summed E-state index contributed by atoms with van der Waals surface area (Å²) < 4.78 is 5.97. The van der Waals surface area contributed by atoms with Crippen molar-refractivity contribution in [2.24, 2.45) is 0 Å². The molecule has 1 aromatic rings. The lowest BCUT2D eigenvalue weighted by Gasteiger charge is -2.26. The molecule has 0 saturated heterocycles. The molecule has 1 fully saturated rings. The predicted octanol–water partition coefficient (Wildman–Crippen LogP) is 4.02. The number of ether oxygens (including phenoxy) is 1. The molecule has 0 aromatic carbocycles. The van der Waals surface area contributed by atoms with Gasteiger partial charge in [-0.15, -0.1) is 0 Å². The van der Waals surface area contributed by atoms with Crippen LogP contribution < -0.4 is 10.1 Å². The molecule has 0 spiro atoms. The fourth-order valence-corrected chi connectivity index (χ4v) is 2.07. The highest BCUT2D eigenvalue weighted by atomic mass is 16.5. The number of aromatic nitrogens is 1. The van der Waals surface area contributed by atoms with Gasteiger partial charge < -0.3 is 10.1 Å². The van der Waals surface area contributed by atoms with E-state index in [1.807, 2.05) is 0 Å². The summed E-state index contributed by atoms with van der Waals surface area (Å²) in [5.41, 5.74) is 2.50. The molecule has 0 unspecified atom stereocenters. The summed E-state index contributed by atoms with van der Waals surface area (Å²) >= 11 is 0. The Labute approximate surface area is 123 Å². The quantitative estimate of drug-likeness (QED) is 0.882. The Balaban J connectivity index is 2.12. The van der Waals surface area contributed by atoms with Gasteiger partial charge in [-0.3, -0.25) is 0 Å². The zero-order valence-corrected chi connectivity index (χ0v) is 13.5. The maximum atomic E-state index is 5.97. The van der Waals surface area contributed by atoms with Crippen LogP contribution in [0.15, 0.2) is 12.1 Å². The Morgan fingerprint density at radius 3 is 2.50 bits per heavy atom. The Morgan fingerprint density at radius 1 is 1.30 bits per heavy atom. The number of rotatable bonds is 5. The number of nitrogens with one attached hydrogen (secondary N) is 1. The van der Waals surface area contributed by atoms with Crippen LogP contribution in [0.5, 0.6) is 5.88 Å². The van der Waals surface area contributed by atoms with Crippen molar-refractivity contribution in [3.8, 4) is 5.88 Å². The van der Waals surface area contributed by atoms with Gasteiger partial charge in [0, 0.05) is 23.8 Å². The third kappa shape index (κ3) is 4.48. The van der Waals surface area contributed by atoms with E-state index >= 15 is 0 Å². The first-order chi connectivity index (χ1) is 9.33. The standard InChI is InChI=1S/C17H28N2O/c1-12(2)15-9-13(11-18-17(3,4)5)10-16(19-15)20-14-7-6-8-14/h9-10,12,14,18H,6-8,11H2,1-5H3. The van der Waals surface area contributed by atoms with Crippen molar-refractivity contribution in [2.45, 2.75) is 78.0 Å². The SMILES string of the molecule is CC(C)c1cc(CNC(C)(C)C)cc(OC2CCC2)n1. The third-order valence-corrected chi connectivity index (χ3v) is 3.64. The van der Waals surface area contributed by atoms with Gasteiger partial charge in [0.15, 0.2) is 0 Å². The number of hydrogen-bond donors (Lipinski definition) is 1. The van der Waals surface area contributed by atoms with Crippen LogP contribution in [-0.2, 0) is 6.54 Å². The van der Waals surface area contributed by atoms with Crippen molar-refractivity contribution in [2.75, 3.05) is 0 Å². The summed E-state index contributed by atoms with van der Waals surface area (Å²) in [6.07, 6.45) is 4.01. The Kier molecular flexibility index (Phi) is 4.69. The molecule has 0 radical (unpaired) electrons. The molecule has 0 atom stereocenters. The topological polar surface area (TPSA) is 34.1 Å². The van der Waals surface area contributed by atoms with E-state index in [-0.39, 0.29) is 5.54 Å². The molecule has 1 heterocycles. The minimum atomic E-state index is 0.121. The summed E-state index contributed by atoms with van der Waals surface area (Å²) in [5, 5.41) is 3.53. The molecule has 1 aliphatic rings. The Hall–Kier alpha value is -1.09. The fraction of sp³-hybridized carbons (Fsp3) is 0.706. The highest BCUT2D eigenvalue weighted by Gasteiger charge is 2.20. The fourth-order valence-electron chi connectivity index (χ4n) is 2.07. The van der Waals surface area contributed by atoms with Gasteiger partial charge >= 0.3 is 0 Å². The molecule has 1 saturated carbocycles. The second-order valence-electron chi connectivity index (χ2n) is 7.17. The molecule has 1 N–H and O–H groups in total. The average molecular weight is 276 g/mol. The second kappa shape index (κ2) is 6.13. The van der Waals surface area contributed by atoms with Gasteiger partial charge in [0.2, 0.25) is 5.88 Å². The number of nitrogens with zero attached hydrogens (tertiary/aromatic N) is 1. The second-order valence-corrected chi connectivity index (χ2v) is 7.17. The average Bonchev–Trinajstić information content (AvgIpc) is 2.30. The summed E-state index contributed by atoms with van der Waals surface area (Å²) in [7, 11) is 0. The highest BCUT2D eigenvalue weighted by molar-refractivity contribution is 5.27. The maximum Gasteiger partial charge on any atom is 0.214 e. The smallest absolute Gasteiger partial charge is 0.214 e. The van der Waals surface area contributed by atoms with Gasteiger partial charge in [-0.1, -0.05) is 13.8 Å². The summed E-state index contributed by atoms with van der Waals surface area (Å²) in [5.74, 6) is 1.22. The van der Waals surface area contributed by atoms with E-state index in [4.69, 9.17) is 4.74 Å². The first kappa shape index (κ1) is 15.3. The van der Waals surface area contributed by atoms with Crippen molar-refractivity contribution in [1.82, 2.24) is 10.3 Å². The van der Waals surface area contributed by atoms with Crippen LogP contribution in [0.2, 0.25) is 0 Å². The van der Waals surface area contributed by atoms with E-state index in [0.717, 1.165) is 18.1 Å². The molecule has 3 heteroatoms. The molecule has 20 heavy (non-hydrogen) atoms. The maximum absolute atomic E-state index is 5.97.